The standard InChI is InChI=1S/C20H25N3O4S/c1-12-4-6-13(7-5-12)21-18(24)3-2-8-23-19(25)14-9-16-17(27-11-26-16)10-15(14)22-20(23)28/h9-10,12-13H,2-8,11H2,1H3,(H,21,24)(H,22,28). The zero-order chi connectivity index (χ0) is 19.7. The van der Waals surface area contributed by atoms with E-state index in [-0.39, 0.29) is 18.3 Å². The van der Waals surface area contributed by atoms with Gasteiger partial charge in [0.1, 0.15) is 0 Å². The molecule has 1 aliphatic carbocycles. The maximum Gasteiger partial charge on any atom is 0.262 e. The Hall–Kier alpha value is -2.35. The summed E-state index contributed by atoms with van der Waals surface area (Å²) in [5.74, 6) is 1.96. The van der Waals surface area contributed by atoms with Crippen molar-refractivity contribution < 1.29 is 14.3 Å². The lowest BCUT2D eigenvalue weighted by molar-refractivity contribution is -0.122. The molecule has 8 heteroatoms. The van der Waals surface area contributed by atoms with Crippen LogP contribution in [0.1, 0.15) is 45.4 Å². The van der Waals surface area contributed by atoms with Crippen LogP contribution in [0.2, 0.25) is 0 Å². The highest BCUT2D eigenvalue weighted by molar-refractivity contribution is 7.71. The van der Waals surface area contributed by atoms with E-state index in [0.29, 0.717) is 52.6 Å². The molecule has 28 heavy (non-hydrogen) atoms. The number of aromatic amines is 1. The highest BCUT2D eigenvalue weighted by Crippen LogP contribution is 2.34. The van der Waals surface area contributed by atoms with Crippen LogP contribution in [0.3, 0.4) is 0 Å². The van der Waals surface area contributed by atoms with E-state index in [9.17, 15) is 9.59 Å². The van der Waals surface area contributed by atoms with Crippen LogP contribution in [0.15, 0.2) is 16.9 Å². The van der Waals surface area contributed by atoms with Crippen molar-refractivity contribution in [3.05, 3.63) is 27.3 Å². The molecule has 2 heterocycles. The van der Waals surface area contributed by atoms with Gasteiger partial charge in [-0.1, -0.05) is 6.92 Å². The zero-order valence-electron chi connectivity index (χ0n) is 16.0. The molecule has 0 atom stereocenters. The number of aromatic nitrogens is 2. The number of hydrogen-bond acceptors (Lipinski definition) is 5. The Morgan fingerprint density at radius 3 is 2.71 bits per heavy atom. The van der Waals surface area contributed by atoms with Crippen LogP contribution < -0.4 is 20.3 Å². The minimum Gasteiger partial charge on any atom is -0.454 e. The van der Waals surface area contributed by atoms with Crippen molar-refractivity contribution in [1.29, 1.82) is 0 Å². The van der Waals surface area contributed by atoms with Crippen molar-refractivity contribution in [1.82, 2.24) is 14.9 Å². The van der Waals surface area contributed by atoms with Gasteiger partial charge in [-0.05, 0) is 56.3 Å². The van der Waals surface area contributed by atoms with Crippen LogP contribution in [0.4, 0.5) is 0 Å². The molecule has 2 aliphatic rings. The molecule has 0 radical (unpaired) electrons. The Balaban J connectivity index is 1.41. The van der Waals surface area contributed by atoms with Crippen molar-refractivity contribution in [3.8, 4) is 11.5 Å². The molecule has 0 bridgehead atoms. The van der Waals surface area contributed by atoms with Gasteiger partial charge in [-0.25, -0.2) is 0 Å². The molecule has 1 amide bonds. The minimum absolute atomic E-state index is 0.0478. The van der Waals surface area contributed by atoms with E-state index in [1.807, 2.05) is 0 Å². The van der Waals surface area contributed by atoms with Crippen molar-refractivity contribution in [2.24, 2.45) is 5.92 Å². The molecule has 4 rings (SSSR count). The monoisotopic (exact) mass is 403 g/mol. The van der Waals surface area contributed by atoms with Crippen LogP contribution >= 0.6 is 12.2 Å². The Labute approximate surface area is 168 Å². The molecule has 1 aliphatic heterocycles. The zero-order valence-corrected chi connectivity index (χ0v) is 16.8. The quantitative estimate of drug-likeness (QED) is 0.749. The maximum absolute atomic E-state index is 12.9. The van der Waals surface area contributed by atoms with Gasteiger partial charge in [-0.15, -0.1) is 0 Å². The number of nitrogens with one attached hydrogen (secondary N) is 2. The third kappa shape index (κ3) is 3.92. The Bertz CT molecular complexity index is 1000. The number of carbonyl (C=O) groups is 1. The number of nitrogens with zero attached hydrogens (tertiary/aromatic N) is 1. The first-order valence-electron chi connectivity index (χ1n) is 9.87. The first-order valence-corrected chi connectivity index (χ1v) is 10.3. The molecular formula is C20H25N3O4S. The largest absolute Gasteiger partial charge is 0.454 e. The maximum atomic E-state index is 12.9. The summed E-state index contributed by atoms with van der Waals surface area (Å²) in [5.41, 5.74) is 0.443. The summed E-state index contributed by atoms with van der Waals surface area (Å²) < 4.78 is 12.6. The smallest absolute Gasteiger partial charge is 0.262 e. The molecule has 7 nitrogen and oxygen atoms in total. The van der Waals surface area contributed by atoms with E-state index in [1.54, 1.807) is 12.1 Å². The summed E-state index contributed by atoms with van der Waals surface area (Å²) in [7, 11) is 0. The summed E-state index contributed by atoms with van der Waals surface area (Å²) in [6, 6.07) is 3.70. The third-order valence-corrected chi connectivity index (χ3v) is 5.96. The number of ether oxygens (including phenoxy) is 2. The molecule has 0 saturated heterocycles. The van der Waals surface area contributed by atoms with Crippen molar-refractivity contribution >= 4 is 29.0 Å². The highest BCUT2D eigenvalue weighted by Gasteiger charge is 2.20. The van der Waals surface area contributed by atoms with Gasteiger partial charge in [0.25, 0.3) is 5.56 Å². The Kier molecular flexibility index (Phi) is 5.39. The third-order valence-electron chi connectivity index (χ3n) is 5.64. The Morgan fingerprint density at radius 2 is 1.96 bits per heavy atom. The molecule has 1 aromatic heterocycles. The first-order chi connectivity index (χ1) is 13.5. The molecule has 1 aromatic carbocycles. The van der Waals surface area contributed by atoms with Crippen molar-refractivity contribution in [2.75, 3.05) is 6.79 Å². The highest BCUT2D eigenvalue weighted by atomic mass is 32.1. The van der Waals surface area contributed by atoms with Crippen LogP contribution in [-0.4, -0.2) is 28.3 Å². The molecule has 1 saturated carbocycles. The number of fused-ring (bicyclic) bond motifs is 2. The summed E-state index contributed by atoms with van der Waals surface area (Å²) in [6.45, 7) is 2.80. The van der Waals surface area contributed by atoms with E-state index in [4.69, 9.17) is 21.7 Å². The Morgan fingerprint density at radius 1 is 1.25 bits per heavy atom. The molecule has 150 valence electrons. The number of H-pyrrole nitrogens is 1. The van der Waals surface area contributed by atoms with Crippen LogP contribution in [0.25, 0.3) is 10.9 Å². The average Bonchev–Trinajstić information content (AvgIpc) is 3.12. The van der Waals surface area contributed by atoms with Gasteiger partial charge in [0.2, 0.25) is 12.7 Å². The van der Waals surface area contributed by atoms with Crippen molar-refractivity contribution in [3.63, 3.8) is 0 Å². The van der Waals surface area contributed by atoms with Gasteiger partial charge >= 0.3 is 0 Å². The van der Waals surface area contributed by atoms with E-state index in [1.165, 1.54) is 17.4 Å². The fourth-order valence-corrected chi connectivity index (χ4v) is 4.23. The normalized spacial score (nSPS) is 21.0. The number of amides is 1. The lowest BCUT2D eigenvalue weighted by atomic mass is 9.87. The number of hydrogen-bond donors (Lipinski definition) is 2. The van der Waals surface area contributed by atoms with Gasteiger partial charge < -0.3 is 19.8 Å². The topological polar surface area (TPSA) is 85.4 Å². The van der Waals surface area contributed by atoms with E-state index >= 15 is 0 Å². The van der Waals surface area contributed by atoms with E-state index < -0.39 is 0 Å². The lowest BCUT2D eigenvalue weighted by Gasteiger charge is -2.26. The molecule has 0 spiro atoms. The first kappa shape index (κ1) is 19.0. The summed E-state index contributed by atoms with van der Waals surface area (Å²) in [5, 5.41) is 3.62. The fraction of sp³-hybridized carbons (Fsp3) is 0.550. The van der Waals surface area contributed by atoms with Gasteiger partial charge in [-0.2, -0.15) is 0 Å². The molecular weight excluding hydrogens is 378 g/mol. The van der Waals surface area contributed by atoms with Crippen molar-refractivity contribution in [2.45, 2.75) is 58.0 Å². The lowest BCUT2D eigenvalue weighted by Crippen LogP contribution is -2.37. The van der Waals surface area contributed by atoms with Gasteiger partial charge in [0, 0.05) is 25.1 Å². The summed E-state index contributed by atoms with van der Waals surface area (Å²) in [6.07, 6.45) is 5.39. The average molecular weight is 404 g/mol. The fourth-order valence-electron chi connectivity index (χ4n) is 3.95. The second-order valence-corrected chi connectivity index (χ2v) is 8.15. The van der Waals surface area contributed by atoms with Gasteiger partial charge in [0.05, 0.1) is 10.9 Å². The van der Waals surface area contributed by atoms with Gasteiger partial charge in [-0.3, -0.25) is 14.2 Å². The second kappa shape index (κ2) is 7.95. The number of benzene rings is 1. The predicted octanol–water partition coefficient (Wildman–Crippen LogP) is 3.26. The molecule has 1 fully saturated rings. The van der Waals surface area contributed by atoms with Crippen LogP contribution in [0.5, 0.6) is 11.5 Å². The molecule has 2 N–H and O–H groups in total. The van der Waals surface area contributed by atoms with Crippen LogP contribution in [-0.2, 0) is 11.3 Å². The predicted molar refractivity (Wildman–Crippen MR) is 108 cm³/mol. The van der Waals surface area contributed by atoms with Crippen LogP contribution in [0, 0.1) is 10.7 Å². The van der Waals surface area contributed by atoms with Gasteiger partial charge in [0.15, 0.2) is 16.3 Å². The van der Waals surface area contributed by atoms with E-state index in [2.05, 4.69) is 17.2 Å². The molecule has 0 unspecified atom stereocenters. The minimum atomic E-state index is -0.182. The second-order valence-electron chi connectivity index (χ2n) is 7.77. The van der Waals surface area contributed by atoms with E-state index in [0.717, 1.165) is 18.8 Å². The number of carbonyl (C=O) groups excluding carboxylic acids is 1. The number of rotatable bonds is 5. The SMILES string of the molecule is CC1CCC(NC(=O)CCCn2c(=S)[nH]c3cc4c(cc3c2=O)OCO4)CC1. The summed E-state index contributed by atoms with van der Waals surface area (Å²) >= 11 is 5.35. The summed E-state index contributed by atoms with van der Waals surface area (Å²) in [4.78, 5) is 28.2. The molecule has 2 aromatic rings.